The van der Waals surface area contributed by atoms with Gasteiger partial charge in [-0.1, -0.05) is 22.9 Å². The van der Waals surface area contributed by atoms with Crippen LogP contribution in [0, 0.1) is 5.13 Å². The minimum Gasteiger partial charge on any atom is -0.282 e. The Hall–Kier alpha value is -0.260. The zero-order valence-corrected chi connectivity index (χ0v) is 9.71. The van der Waals surface area contributed by atoms with Crippen LogP contribution in [-0.4, -0.2) is 25.9 Å². The van der Waals surface area contributed by atoms with E-state index in [1.165, 1.54) is 0 Å². The van der Waals surface area contributed by atoms with Crippen LogP contribution in [0.4, 0.5) is 4.39 Å². The SMILES string of the molecule is O=S(=O)(O)c1sc(F)c(S(=O)(=O)O)c1Cl. The lowest BCUT2D eigenvalue weighted by Gasteiger charge is -1.94. The molecule has 0 aliphatic heterocycles. The van der Waals surface area contributed by atoms with Crippen molar-refractivity contribution in [1.29, 1.82) is 0 Å². The number of hydrogen-bond acceptors (Lipinski definition) is 5. The van der Waals surface area contributed by atoms with Gasteiger partial charge in [0, 0.05) is 0 Å². The molecule has 0 saturated heterocycles. The molecule has 0 saturated carbocycles. The lowest BCUT2D eigenvalue weighted by Crippen LogP contribution is -2.00. The average molecular weight is 297 g/mol. The molecule has 0 spiro atoms. The van der Waals surface area contributed by atoms with Gasteiger partial charge in [0.2, 0.25) is 5.13 Å². The molecule has 0 aromatic carbocycles. The van der Waals surface area contributed by atoms with E-state index in [4.69, 9.17) is 20.7 Å². The Balaban J connectivity index is 3.70. The Kier molecular flexibility index (Phi) is 3.11. The fraction of sp³-hybridized carbons (Fsp3) is 0. The molecular weight excluding hydrogens is 295 g/mol. The molecule has 86 valence electrons. The van der Waals surface area contributed by atoms with E-state index in [-0.39, 0.29) is 11.3 Å². The van der Waals surface area contributed by atoms with Crippen LogP contribution in [0.5, 0.6) is 0 Å². The predicted molar refractivity (Wildman–Crippen MR) is 48.9 cm³/mol. The lowest BCUT2D eigenvalue weighted by atomic mass is 10.6. The van der Waals surface area contributed by atoms with Gasteiger partial charge in [0.1, 0.15) is 0 Å². The highest BCUT2D eigenvalue weighted by Crippen LogP contribution is 2.37. The Labute approximate surface area is 92.8 Å². The van der Waals surface area contributed by atoms with E-state index in [0.29, 0.717) is 0 Å². The summed E-state index contributed by atoms with van der Waals surface area (Å²) in [5, 5.41) is -2.59. The van der Waals surface area contributed by atoms with Crippen LogP contribution in [0.3, 0.4) is 0 Å². The summed E-state index contributed by atoms with van der Waals surface area (Å²) < 4.78 is 71.2. The molecule has 11 heteroatoms. The highest BCUT2D eigenvalue weighted by atomic mass is 35.5. The van der Waals surface area contributed by atoms with Crippen molar-refractivity contribution in [3.63, 3.8) is 0 Å². The third kappa shape index (κ3) is 2.46. The second-order valence-corrected chi connectivity index (χ2v) is 6.58. The fourth-order valence-electron chi connectivity index (χ4n) is 0.732. The normalized spacial score (nSPS) is 13.1. The highest BCUT2D eigenvalue weighted by molar-refractivity contribution is 7.89. The summed E-state index contributed by atoms with van der Waals surface area (Å²) in [5.41, 5.74) is 0. The van der Waals surface area contributed by atoms with Gasteiger partial charge in [-0.15, -0.1) is 0 Å². The maximum Gasteiger partial charge on any atom is 0.305 e. The maximum atomic E-state index is 12.9. The van der Waals surface area contributed by atoms with E-state index in [9.17, 15) is 21.2 Å². The van der Waals surface area contributed by atoms with Crippen molar-refractivity contribution in [3.05, 3.63) is 10.2 Å². The molecule has 0 fully saturated rings. The molecule has 0 aliphatic rings. The summed E-state index contributed by atoms with van der Waals surface area (Å²) in [4.78, 5) is -1.36. The summed E-state index contributed by atoms with van der Waals surface area (Å²) in [7, 11) is -9.80. The quantitative estimate of drug-likeness (QED) is 0.789. The van der Waals surface area contributed by atoms with Crippen LogP contribution in [-0.2, 0) is 20.2 Å². The molecule has 6 nitrogen and oxygen atoms in total. The Morgan fingerprint density at radius 2 is 1.60 bits per heavy atom. The third-order valence-corrected chi connectivity index (χ3v) is 5.30. The van der Waals surface area contributed by atoms with Crippen molar-refractivity contribution in [2.75, 3.05) is 0 Å². The highest BCUT2D eigenvalue weighted by Gasteiger charge is 2.31. The van der Waals surface area contributed by atoms with Crippen LogP contribution in [0.2, 0.25) is 5.02 Å². The van der Waals surface area contributed by atoms with Gasteiger partial charge in [-0.2, -0.15) is 21.2 Å². The first-order valence-corrected chi connectivity index (χ1v) is 7.05. The molecule has 15 heavy (non-hydrogen) atoms. The second-order valence-electron chi connectivity index (χ2n) is 2.26. The molecule has 0 radical (unpaired) electrons. The van der Waals surface area contributed by atoms with Crippen LogP contribution in [0.1, 0.15) is 0 Å². The van der Waals surface area contributed by atoms with Gasteiger partial charge < -0.3 is 0 Å². The van der Waals surface area contributed by atoms with Crippen molar-refractivity contribution in [2.45, 2.75) is 9.10 Å². The minimum absolute atomic E-state index is 0.201. The topological polar surface area (TPSA) is 109 Å². The monoisotopic (exact) mass is 296 g/mol. The maximum absolute atomic E-state index is 12.9. The van der Waals surface area contributed by atoms with Gasteiger partial charge in [0.15, 0.2) is 9.10 Å². The van der Waals surface area contributed by atoms with Crippen molar-refractivity contribution >= 4 is 43.2 Å². The first kappa shape index (κ1) is 12.8. The van der Waals surface area contributed by atoms with Gasteiger partial charge >= 0.3 is 10.1 Å². The molecule has 0 atom stereocenters. The minimum atomic E-state index is -4.98. The molecule has 0 amide bonds. The summed E-state index contributed by atoms with van der Waals surface area (Å²) >= 11 is 4.99. The number of rotatable bonds is 2. The smallest absolute Gasteiger partial charge is 0.282 e. The molecule has 1 aromatic rings. The van der Waals surface area contributed by atoms with Crippen LogP contribution in [0.25, 0.3) is 0 Å². The third-order valence-electron chi connectivity index (χ3n) is 1.23. The van der Waals surface area contributed by atoms with Crippen molar-refractivity contribution < 1.29 is 30.3 Å². The zero-order chi connectivity index (χ0) is 12.0. The number of halogens is 2. The van der Waals surface area contributed by atoms with E-state index in [1.54, 1.807) is 0 Å². The standard InChI is InChI=1S/C4H2ClFO6S3/c5-1-2(14(7,8)9)3(6)13-4(1)15(10,11)12/h(H,7,8,9)(H,10,11,12). The molecule has 0 bridgehead atoms. The van der Waals surface area contributed by atoms with Gasteiger partial charge in [0.05, 0.1) is 5.02 Å². The van der Waals surface area contributed by atoms with Crippen molar-refractivity contribution in [2.24, 2.45) is 0 Å². The Morgan fingerprint density at radius 3 is 1.80 bits per heavy atom. The average Bonchev–Trinajstić information content (AvgIpc) is 2.22. The fourth-order valence-corrected chi connectivity index (χ4v) is 4.19. The molecule has 1 aromatic heterocycles. The molecule has 0 aliphatic carbocycles. The van der Waals surface area contributed by atoms with Crippen LogP contribution >= 0.6 is 22.9 Å². The second kappa shape index (κ2) is 3.64. The van der Waals surface area contributed by atoms with Crippen LogP contribution < -0.4 is 0 Å². The molecular formula is C4H2ClFO6S3. The first-order valence-electron chi connectivity index (χ1n) is 2.98. The Morgan fingerprint density at radius 1 is 1.13 bits per heavy atom. The van der Waals surface area contributed by atoms with Crippen molar-refractivity contribution in [1.82, 2.24) is 0 Å². The van der Waals surface area contributed by atoms with E-state index in [0.717, 1.165) is 0 Å². The van der Waals surface area contributed by atoms with E-state index in [1.807, 2.05) is 0 Å². The van der Waals surface area contributed by atoms with E-state index in [2.05, 4.69) is 0 Å². The zero-order valence-electron chi connectivity index (χ0n) is 6.51. The van der Waals surface area contributed by atoms with Gasteiger partial charge in [-0.3, -0.25) is 9.11 Å². The van der Waals surface area contributed by atoms with Gasteiger partial charge in [0.25, 0.3) is 10.1 Å². The van der Waals surface area contributed by atoms with Crippen molar-refractivity contribution in [3.8, 4) is 0 Å². The molecule has 1 rings (SSSR count). The largest absolute Gasteiger partial charge is 0.305 e. The molecule has 1 heterocycles. The summed E-state index contributed by atoms with van der Waals surface area (Å²) in [5.74, 6) is 0. The van der Waals surface area contributed by atoms with E-state index >= 15 is 0 Å². The van der Waals surface area contributed by atoms with Crippen LogP contribution in [0.15, 0.2) is 9.10 Å². The lowest BCUT2D eigenvalue weighted by molar-refractivity contribution is 0.476. The summed E-state index contributed by atoms with van der Waals surface area (Å²) in [6, 6.07) is 0. The number of hydrogen-bond donors (Lipinski definition) is 2. The number of thiophene rings is 1. The molecule has 2 N–H and O–H groups in total. The Bertz CT molecular complexity index is 599. The van der Waals surface area contributed by atoms with E-state index < -0.39 is 39.5 Å². The summed E-state index contributed by atoms with van der Waals surface area (Å²) in [6.45, 7) is 0. The summed E-state index contributed by atoms with van der Waals surface area (Å²) in [6.07, 6.45) is 0. The first-order chi connectivity index (χ1) is 6.55. The molecule has 0 unspecified atom stereocenters. The van der Waals surface area contributed by atoms with Gasteiger partial charge in [-0.05, 0) is 0 Å². The van der Waals surface area contributed by atoms with Gasteiger partial charge in [-0.25, -0.2) is 0 Å². The predicted octanol–water partition coefficient (Wildman–Crippen LogP) is 1.03.